The van der Waals surface area contributed by atoms with Crippen LogP contribution < -0.4 is 5.73 Å². The van der Waals surface area contributed by atoms with Crippen LogP contribution in [-0.4, -0.2) is 54.0 Å². The van der Waals surface area contributed by atoms with E-state index in [1.54, 1.807) is 0 Å². The average molecular weight is 210 g/mol. The molecule has 2 unspecified atom stereocenters. The van der Waals surface area contributed by atoms with Gasteiger partial charge in [-0.3, -0.25) is 14.6 Å². The van der Waals surface area contributed by atoms with Crippen molar-refractivity contribution in [1.29, 1.82) is 5.26 Å². The molecule has 2 N–H and O–H groups in total. The highest BCUT2D eigenvalue weighted by atomic mass is 16.1. The van der Waals surface area contributed by atoms with E-state index in [1.807, 2.05) is 13.8 Å². The highest BCUT2D eigenvalue weighted by Crippen LogP contribution is 2.08. The van der Waals surface area contributed by atoms with E-state index in [0.29, 0.717) is 0 Å². The quantitative estimate of drug-likeness (QED) is 0.674. The molecule has 1 fully saturated rings. The van der Waals surface area contributed by atoms with Gasteiger partial charge in [-0.1, -0.05) is 0 Å². The smallest absolute Gasteiger partial charge is 0.234 e. The molecule has 0 spiro atoms. The minimum atomic E-state index is -0.281. The fourth-order valence-corrected chi connectivity index (χ4v) is 1.77. The van der Waals surface area contributed by atoms with Crippen molar-refractivity contribution in [2.45, 2.75) is 25.9 Å². The average Bonchev–Trinajstić information content (AvgIpc) is 2.27. The van der Waals surface area contributed by atoms with Crippen LogP contribution in [0, 0.1) is 11.3 Å². The molecule has 0 saturated carbocycles. The Bertz CT molecular complexity index is 265. The Kier molecular flexibility index (Phi) is 4.06. The van der Waals surface area contributed by atoms with Gasteiger partial charge in [0.1, 0.15) is 0 Å². The first-order chi connectivity index (χ1) is 7.06. The van der Waals surface area contributed by atoms with E-state index in [2.05, 4.69) is 15.9 Å². The molecule has 0 aromatic rings. The molecule has 5 heteroatoms. The zero-order valence-electron chi connectivity index (χ0n) is 9.31. The Balaban J connectivity index is 2.43. The van der Waals surface area contributed by atoms with Crippen molar-refractivity contribution in [3.8, 4) is 6.07 Å². The topological polar surface area (TPSA) is 73.4 Å². The molecule has 0 aromatic carbocycles. The normalized spacial score (nSPS) is 23.0. The molecular weight excluding hydrogens is 192 g/mol. The number of piperazine rings is 1. The lowest BCUT2D eigenvalue weighted by molar-refractivity contribution is -0.123. The maximum atomic E-state index is 11.0. The minimum absolute atomic E-state index is 0.0453. The number of nitrogens with zero attached hydrogens (tertiary/aromatic N) is 3. The van der Waals surface area contributed by atoms with E-state index in [-0.39, 0.29) is 18.0 Å². The highest BCUT2D eigenvalue weighted by Gasteiger charge is 2.25. The summed E-state index contributed by atoms with van der Waals surface area (Å²) >= 11 is 0. The standard InChI is InChI=1S/C10H18N4O/c1-8(7-11)13-3-5-14(6-4-13)9(2)10(12)15/h8-9H,3-6H2,1-2H3,(H2,12,15). The van der Waals surface area contributed by atoms with Gasteiger partial charge in [0.05, 0.1) is 18.2 Å². The van der Waals surface area contributed by atoms with Crippen LogP contribution in [-0.2, 0) is 4.79 Å². The first-order valence-electron chi connectivity index (χ1n) is 5.23. The van der Waals surface area contributed by atoms with Crippen molar-refractivity contribution < 1.29 is 4.79 Å². The van der Waals surface area contributed by atoms with E-state index in [4.69, 9.17) is 11.0 Å². The largest absolute Gasteiger partial charge is 0.368 e. The second-order valence-corrected chi connectivity index (χ2v) is 3.96. The zero-order valence-corrected chi connectivity index (χ0v) is 9.31. The summed E-state index contributed by atoms with van der Waals surface area (Å²) in [5, 5.41) is 8.77. The van der Waals surface area contributed by atoms with Crippen LogP contribution in [0.3, 0.4) is 0 Å². The number of carbonyl (C=O) groups excluding carboxylic acids is 1. The molecule has 1 aliphatic heterocycles. The second-order valence-electron chi connectivity index (χ2n) is 3.96. The third-order valence-corrected chi connectivity index (χ3v) is 3.04. The summed E-state index contributed by atoms with van der Waals surface area (Å²) in [6.45, 7) is 6.98. The van der Waals surface area contributed by atoms with Gasteiger partial charge in [-0.25, -0.2) is 0 Å². The van der Waals surface area contributed by atoms with Crippen molar-refractivity contribution in [3.05, 3.63) is 0 Å². The van der Waals surface area contributed by atoms with Crippen molar-refractivity contribution in [3.63, 3.8) is 0 Å². The summed E-state index contributed by atoms with van der Waals surface area (Å²) in [6, 6.07) is 1.97. The minimum Gasteiger partial charge on any atom is -0.368 e. The molecule has 2 atom stereocenters. The predicted octanol–water partition coefficient (Wildman–Crippen LogP) is -0.610. The number of nitriles is 1. The molecule has 5 nitrogen and oxygen atoms in total. The lowest BCUT2D eigenvalue weighted by Gasteiger charge is -2.37. The predicted molar refractivity (Wildman–Crippen MR) is 56.9 cm³/mol. The molecule has 15 heavy (non-hydrogen) atoms. The van der Waals surface area contributed by atoms with Gasteiger partial charge in [0, 0.05) is 26.2 Å². The van der Waals surface area contributed by atoms with Crippen LogP contribution >= 0.6 is 0 Å². The van der Waals surface area contributed by atoms with Gasteiger partial charge in [-0.05, 0) is 13.8 Å². The van der Waals surface area contributed by atoms with Gasteiger partial charge < -0.3 is 5.73 Å². The Morgan fingerprint density at radius 3 is 2.13 bits per heavy atom. The van der Waals surface area contributed by atoms with Crippen LogP contribution in [0.1, 0.15) is 13.8 Å². The van der Waals surface area contributed by atoms with Gasteiger partial charge >= 0.3 is 0 Å². The second kappa shape index (κ2) is 5.10. The number of nitrogens with two attached hydrogens (primary N) is 1. The summed E-state index contributed by atoms with van der Waals surface area (Å²) < 4.78 is 0. The Morgan fingerprint density at radius 1 is 1.27 bits per heavy atom. The maximum absolute atomic E-state index is 11.0. The van der Waals surface area contributed by atoms with Crippen LogP contribution in [0.15, 0.2) is 0 Å². The van der Waals surface area contributed by atoms with E-state index < -0.39 is 0 Å². The van der Waals surface area contributed by atoms with E-state index in [1.165, 1.54) is 0 Å². The van der Waals surface area contributed by atoms with Crippen molar-refractivity contribution in [2.75, 3.05) is 26.2 Å². The van der Waals surface area contributed by atoms with E-state index >= 15 is 0 Å². The van der Waals surface area contributed by atoms with Gasteiger partial charge in [0.15, 0.2) is 0 Å². The lowest BCUT2D eigenvalue weighted by Crippen LogP contribution is -2.54. The molecule has 84 valence electrons. The van der Waals surface area contributed by atoms with Gasteiger partial charge in [0.25, 0.3) is 0 Å². The molecule has 1 heterocycles. The van der Waals surface area contributed by atoms with Crippen LogP contribution in [0.4, 0.5) is 0 Å². The molecule has 0 bridgehead atoms. The molecule has 1 rings (SSSR count). The first kappa shape index (κ1) is 12.0. The first-order valence-corrected chi connectivity index (χ1v) is 5.23. The summed E-state index contributed by atoms with van der Waals surface area (Å²) in [6.07, 6.45) is 0. The summed E-state index contributed by atoms with van der Waals surface area (Å²) in [7, 11) is 0. The van der Waals surface area contributed by atoms with Crippen molar-refractivity contribution >= 4 is 5.91 Å². The Hall–Kier alpha value is -1.12. The molecular formula is C10H18N4O. The van der Waals surface area contributed by atoms with Gasteiger partial charge in [-0.2, -0.15) is 5.26 Å². The SMILES string of the molecule is CC(C#N)N1CCN(C(C)C(N)=O)CC1. The number of hydrogen-bond acceptors (Lipinski definition) is 4. The van der Waals surface area contributed by atoms with Crippen LogP contribution in [0.25, 0.3) is 0 Å². The van der Waals surface area contributed by atoms with E-state index in [0.717, 1.165) is 26.2 Å². The van der Waals surface area contributed by atoms with Crippen LogP contribution in [0.5, 0.6) is 0 Å². The number of primary amides is 1. The van der Waals surface area contributed by atoms with Gasteiger partial charge in [0.2, 0.25) is 5.91 Å². The fraction of sp³-hybridized carbons (Fsp3) is 0.800. The summed E-state index contributed by atoms with van der Waals surface area (Å²) in [5.41, 5.74) is 5.24. The van der Waals surface area contributed by atoms with E-state index in [9.17, 15) is 4.79 Å². The van der Waals surface area contributed by atoms with Crippen molar-refractivity contribution in [1.82, 2.24) is 9.80 Å². The number of hydrogen-bond donors (Lipinski definition) is 1. The molecule has 1 amide bonds. The summed E-state index contributed by atoms with van der Waals surface area (Å²) in [4.78, 5) is 15.2. The zero-order chi connectivity index (χ0) is 11.4. The third kappa shape index (κ3) is 2.91. The molecule has 0 radical (unpaired) electrons. The molecule has 1 aliphatic rings. The number of amides is 1. The summed E-state index contributed by atoms with van der Waals surface area (Å²) in [5.74, 6) is -0.281. The third-order valence-electron chi connectivity index (χ3n) is 3.04. The maximum Gasteiger partial charge on any atom is 0.234 e. The molecule has 0 aromatic heterocycles. The molecule has 1 saturated heterocycles. The Labute approximate surface area is 90.4 Å². The van der Waals surface area contributed by atoms with Crippen LogP contribution in [0.2, 0.25) is 0 Å². The number of carbonyl (C=O) groups is 1. The number of rotatable bonds is 3. The van der Waals surface area contributed by atoms with Crippen molar-refractivity contribution in [2.24, 2.45) is 5.73 Å². The monoisotopic (exact) mass is 210 g/mol. The van der Waals surface area contributed by atoms with Gasteiger partial charge in [-0.15, -0.1) is 0 Å². The Morgan fingerprint density at radius 2 is 1.73 bits per heavy atom. The highest BCUT2D eigenvalue weighted by molar-refractivity contribution is 5.79. The molecule has 0 aliphatic carbocycles. The lowest BCUT2D eigenvalue weighted by atomic mass is 10.2. The fourth-order valence-electron chi connectivity index (χ4n) is 1.77.